The van der Waals surface area contributed by atoms with E-state index in [1.165, 1.54) is 61.1 Å². The molecule has 2 heteroatoms. The molecule has 20 heavy (non-hydrogen) atoms. The fourth-order valence-corrected chi connectivity index (χ4v) is 3.94. The van der Waals surface area contributed by atoms with Gasteiger partial charge in [0.25, 0.3) is 0 Å². The fourth-order valence-electron chi connectivity index (χ4n) is 2.49. The predicted molar refractivity (Wildman–Crippen MR) is 90.9 cm³/mol. The van der Waals surface area contributed by atoms with Gasteiger partial charge in [-0.3, -0.25) is 0 Å². The molecule has 0 N–H and O–H groups in total. The smallest absolute Gasteiger partial charge is 0.546 e. The molecule has 1 aromatic carbocycles. The molecule has 1 rings (SSSR count). The Morgan fingerprint density at radius 1 is 0.800 bits per heavy atom. The van der Waals surface area contributed by atoms with Crippen LogP contribution in [0.25, 0.3) is 0 Å². The van der Waals surface area contributed by atoms with Gasteiger partial charge >= 0.3 is 14.5 Å². The minimum absolute atomic E-state index is 0.973. The molecule has 0 spiro atoms. The Kier molecular flexibility index (Phi) is 9.89. The van der Waals surface area contributed by atoms with Crippen LogP contribution >= 0.6 is 0 Å². The third-order valence-corrected chi connectivity index (χ3v) is 6.38. The van der Waals surface area contributed by atoms with E-state index in [4.69, 9.17) is 3.79 Å². The molecule has 0 aliphatic rings. The van der Waals surface area contributed by atoms with Crippen LogP contribution in [-0.4, -0.2) is 14.5 Å². The maximum absolute atomic E-state index is 6.08. The van der Waals surface area contributed by atoms with E-state index in [1.54, 1.807) is 0 Å². The van der Waals surface area contributed by atoms with Gasteiger partial charge in [-0.05, 0) is 30.5 Å². The van der Waals surface area contributed by atoms with E-state index in [-0.39, 0.29) is 0 Å². The highest BCUT2D eigenvalue weighted by Crippen LogP contribution is 2.17. The summed E-state index contributed by atoms with van der Waals surface area (Å²) in [6.45, 7) is 6.76. The van der Waals surface area contributed by atoms with Crippen molar-refractivity contribution in [3.8, 4) is 5.75 Å². The molecule has 0 atom stereocenters. The summed E-state index contributed by atoms with van der Waals surface area (Å²) in [5.74, 6) is 1.08. The Morgan fingerprint density at radius 3 is 2.00 bits per heavy atom. The number of unbranched alkanes of at least 4 members (excludes halogenated alkanes) is 5. The molecule has 0 saturated heterocycles. The van der Waals surface area contributed by atoms with Crippen molar-refractivity contribution >= 4 is 14.5 Å². The van der Waals surface area contributed by atoms with Gasteiger partial charge in [-0.1, -0.05) is 75.6 Å². The van der Waals surface area contributed by atoms with E-state index < -0.39 is 14.5 Å². The molecule has 0 bridgehead atoms. The van der Waals surface area contributed by atoms with Crippen LogP contribution in [0.4, 0.5) is 0 Å². The molecular formula is C18H31AlO. The second kappa shape index (κ2) is 11.2. The lowest BCUT2D eigenvalue weighted by Crippen LogP contribution is -2.18. The maximum Gasteiger partial charge on any atom is 0.546 e. The van der Waals surface area contributed by atoms with E-state index in [9.17, 15) is 0 Å². The molecule has 0 saturated carbocycles. The Balaban J connectivity index is 2.24. The van der Waals surface area contributed by atoms with Crippen LogP contribution in [0.2, 0.25) is 10.6 Å². The predicted octanol–water partition coefficient (Wildman–Crippen LogP) is 6.00. The molecule has 1 nitrogen and oxygen atoms in total. The average Bonchev–Trinajstić information content (AvgIpc) is 2.49. The highest BCUT2D eigenvalue weighted by Gasteiger charge is 2.17. The standard InChI is InChI=1S/C14H22O.2C2H5.Al/c1-2-3-4-5-6-7-8-13-9-11-14(15)12-10-13;2*1-2;/h9-12,15H,2-8H2,1H3;2*1H2,2H3;/q;;;+1/p-1. The lowest BCUT2D eigenvalue weighted by atomic mass is 10.1. The number of hydrogen-bond donors (Lipinski definition) is 0. The SMILES string of the molecule is CCCCCCCCc1ccc([O][Al]([CH2]C)[CH2]C)cc1. The zero-order chi connectivity index (χ0) is 14.6. The number of benzene rings is 1. The Labute approximate surface area is 130 Å². The minimum Gasteiger partial charge on any atom is -0.643 e. The Morgan fingerprint density at radius 2 is 1.40 bits per heavy atom. The van der Waals surface area contributed by atoms with Crippen molar-refractivity contribution in [1.82, 2.24) is 0 Å². The molecule has 1 aromatic rings. The van der Waals surface area contributed by atoms with E-state index in [2.05, 4.69) is 45.0 Å². The van der Waals surface area contributed by atoms with Crippen LogP contribution in [0.5, 0.6) is 5.75 Å². The zero-order valence-electron chi connectivity index (χ0n) is 13.7. The van der Waals surface area contributed by atoms with Crippen LogP contribution in [0.3, 0.4) is 0 Å². The van der Waals surface area contributed by atoms with Crippen molar-refractivity contribution in [2.75, 3.05) is 0 Å². The topological polar surface area (TPSA) is 9.23 Å². The van der Waals surface area contributed by atoms with Gasteiger partial charge in [0.2, 0.25) is 0 Å². The van der Waals surface area contributed by atoms with Gasteiger partial charge in [-0.2, -0.15) is 0 Å². The lowest BCUT2D eigenvalue weighted by Gasteiger charge is -2.12. The first-order chi connectivity index (χ1) is 9.80. The Bertz CT molecular complexity index is 330. The third kappa shape index (κ3) is 7.37. The number of aryl methyl sites for hydroxylation is 1. The highest BCUT2D eigenvalue weighted by atomic mass is 27.2. The number of rotatable bonds is 11. The minimum atomic E-state index is -0.973. The summed E-state index contributed by atoms with van der Waals surface area (Å²) < 4.78 is 6.08. The third-order valence-electron chi connectivity index (χ3n) is 3.96. The number of hydrogen-bond acceptors (Lipinski definition) is 1. The van der Waals surface area contributed by atoms with Crippen LogP contribution in [0.1, 0.15) is 64.9 Å². The van der Waals surface area contributed by atoms with E-state index in [0.29, 0.717) is 0 Å². The zero-order valence-corrected chi connectivity index (χ0v) is 14.8. The van der Waals surface area contributed by atoms with Gasteiger partial charge in [0.1, 0.15) is 0 Å². The summed E-state index contributed by atoms with van der Waals surface area (Å²) in [5.41, 5.74) is 1.46. The summed E-state index contributed by atoms with van der Waals surface area (Å²) in [7, 11) is 0. The van der Waals surface area contributed by atoms with Crippen molar-refractivity contribution in [2.45, 2.75) is 76.3 Å². The molecule has 0 aliphatic carbocycles. The summed E-state index contributed by atoms with van der Waals surface area (Å²) in [6.07, 6.45) is 9.45. The van der Waals surface area contributed by atoms with Gasteiger partial charge in [-0.15, -0.1) is 0 Å². The molecule has 0 aliphatic heterocycles. The first kappa shape index (κ1) is 17.6. The second-order valence-electron chi connectivity index (χ2n) is 5.72. The summed E-state index contributed by atoms with van der Waals surface area (Å²) in [5, 5.41) is 2.44. The Hall–Kier alpha value is -0.448. The molecule has 0 heterocycles. The van der Waals surface area contributed by atoms with Gasteiger partial charge in [0.15, 0.2) is 0 Å². The van der Waals surface area contributed by atoms with Crippen molar-refractivity contribution in [2.24, 2.45) is 0 Å². The molecule has 0 fully saturated rings. The molecule has 0 unspecified atom stereocenters. The van der Waals surface area contributed by atoms with Crippen molar-refractivity contribution < 1.29 is 3.79 Å². The van der Waals surface area contributed by atoms with E-state index in [1.807, 2.05) is 0 Å². The van der Waals surface area contributed by atoms with Gasteiger partial charge in [-0.25, -0.2) is 0 Å². The molecule has 0 aromatic heterocycles. The van der Waals surface area contributed by atoms with Crippen molar-refractivity contribution in [3.05, 3.63) is 29.8 Å². The first-order valence-electron chi connectivity index (χ1n) is 8.55. The van der Waals surface area contributed by atoms with Gasteiger partial charge < -0.3 is 3.79 Å². The maximum atomic E-state index is 6.08. The van der Waals surface area contributed by atoms with E-state index in [0.717, 1.165) is 5.75 Å². The molecule has 0 radical (unpaired) electrons. The molecule has 0 amide bonds. The van der Waals surface area contributed by atoms with Crippen molar-refractivity contribution in [1.29, 1.82) is 0 Å². The van der Waals surface area contributed by atoms with Crippen LogP contribution in [-0.2, 0) is 6.42 Å². The molecule has 112 valence electrons. The summed E-state index contributed by atoms with van der Waals surface area (Å²) in [4.78, 5) is 0. The largest absolute Gasteiger partial charge is 0.643 e. The van der Waals surface area contributed by atoms with Gasteiger partial charge in [0, 0.05) is 0 Å². The average molecular weight is 290 g/mol. The summed E-state index contributed by atoms with van der Waals surface area (Å²) in [6, 6.07) is 8.83. The van der Waals surface area contributed by atoms with Crippen LogP contribution in [0, 0.1) is 0 Å². The van der Waals surface area contributed by atoms with Crippen LogP contribution in [0.15, 0.2) is 24.3 Å². The van der Waals surface area contributed by atoms with Gasteiger partial charge in [0.05, 0.1) is 5.75 Å². The fraction of sp³-hybridized carbons (Fsp3) is 0.667. The van der Waals surface area contributed by atoms with Crippen molar-refractivity contribution in [3.63, 3.8) is 0 Å². The highest BCUT2D eigenvalue weighted by molar-refractivity contribution is 6.52. The lowest BCUT2D eigenvalue weighted by molar-refractivity contribution is 0.565. The normalized spacial score (nSPS) is 10.6. The van der Waals surface area contributed by atoms with E-state index >= 15 is 0 Å². The first-order valence-corrected chi connectivity index (χ1v) is 10.7. The second-order valence-corrected chi connectivity index (χ2v) is 8.83. The summed E-state index contributed by atoms with van der Waals surface area (Å²) >= 11 is -0.973. The monoisotopic (exact) mass is 290 g/mol. The quantitative estimate of drug-likeness (QED) is 0.359. The van der Waals surface area contributed by atoms with Crippen LogP contribution < -0.4 is 3.79 Å². The molecular weight excluding hydrogens is 259 g/mol.